The number of carbonyl (C=O) groups excluding carboxylic acids is 2. The normalized spacial score (nSPS) is 10.6. The maximum Gasteiger partial charge on any atom is 0.225 e. The van der Waals surface area contributed by atoms with Crippen LogP contribution in [0.2, 0.25) is 0 Å². The predicted molar refractivity (Wildman–Crippen MR) is 104 cm³/mol. The van der Waals surface area contributed by atoms with E-state index in [1.165, 1.54) is 18.3 Å². The molecule has 3 aromatic rings. The van der Waals surface area contributed by atoms with Gasteiger partial charge in [0.25, 0.3) is 0 Å². The summed E-state index contributed by atoms with van der Waals surface area (Å²) in [5, 5.41) is 6.15. The summed E-state index contributed by atoms with van der Waals surface area (Å²) in [6, 6.07) is 15.6. The van der Waals surface area contributed by atoms with Crippen molar-refractivity contribution in [2.75, 3.05) is 16.4 Å². The minimum Gasteiger partial charge on any atom is -0.326 e. The van der Waals surface area contributed by atoms with E-state index in [1.54, 1.807) is 11.8 Å². The highest BCUT2D eigenvalue weighted by Gasteiger charge is 2.08. The van der Waals surface area contributed by atoms with Crippen molar-refractivity contribution in [1.29, 1.82) is 0 Å². The lowest BCUT2D eigenvalue weighted by Crippen LogP contribution is -2.11. The molecular formula is C18H17N3O2S2. The summed E-state index contributed by atoms with van der Waals surface area (Å²) in [6.07, 6.45) is 0.442. The monoisotopic (exact) mass is 371 g/mol. The molecule has 0 atom stereocenters. The second-order valence-corrected chi connectivity index (χ2v) is 7.54. The van der Waals surface area contributed by atoms with Crippen molar-refractivity contribution >= 4 is 55.9 Å². The van der Waals surface area contributed by atoms with Gasteiger partial charge in [-0.15, -0.1) is 11.8 Å². The summed E-state index contributed by atoms with van der Waals surface area (Å²) in [4.78, 5) is 28.7. The molecule has 0 aliphatic carbocycles. The van der Waals surface area contributed by atoms with E-state index in [2.05, 4.69) is 15.6 Å². The zero-order valence-corrected chi connectivity index (χ0v) is 15.2. The minimum atomic E-state index is -0.150. The first-order valence-corrected chi connectivity index (χ1v) is 9.56. The first-order chi connectivity index (χ1) is 12.1. The number of aromatic nitrogens is 1. The van der Waals surface area contributed by atoms with E-state index in [9.17, 15) is 9.59 Å². The lowest BCUT2D eigenvalue weighted by atomic mass is 10.3. The largest absolute Gasteiger partial charge is 0.326 e. The fourth-order valence-electron chi connectivity index (χ4n) is 2.21. The second kappa shape index (κ2) is 8.13. The number of hydrogen-bond acceptors (Lipinski definition) is 5. The summed E-state index contributed by atoms with van der Waals surface area (Å²) in [6.45, 7) is 1.45. The quantitative estimate of drug-likeness (QED) is 0.631. The fraction of sp³-hybridized carbons (Fsp3) is 0.167. The van der Waals surface area contributed by atoms with E-state index >= 15 is 0 Å². The van der Waals surface area contributed by atoms with Crippen molar-refractivity contribution in [3.63, 3.8) is 0 Å². The molecule has 5 nitrogen and oxygen atoms in total. The number of carbonyl (C=O) groups is 2. The first kappa shape index (κ1) is 17.4. The Hall–Kier alpha value is -2.38. The maximum absolute atomic E-state index is 12.1. The SMILES string of the molecule is CC(=O)Nc1nc2ccc(NC(=O)CCSc3ccccc3)cc2s1. The highest BCUT2D eigenvalue weighted by Crippen LogP contribution is 2.28. The third kappa shape index (κ3) is 5.04. The Bertz CT molecular complexity index is 894. The number of hydrogen-bond donors (Lipinski definition) is 2. The van der Waals surface area contributed by atoms with Crippen molar-refractivity contribution in [1.82, 2.24) is 4.98 Å². The van der Waals surface area contributed by atoms with Gasteiger partial charge in [-0.05, 0) is 30.3 Å². The summed E-state index contributed by atoms with van der Waals surface area (Å²) >= 11 is 3.05. The Kier molecular flexibility index (Phi) is 5.67. The summed E-state index contributed by atoms with van der Waals surface area (Å²) in [5.74, 6) is 0.559. The molecule has 0 radical (unpaired) electrons. The van der Waals surface area contributed by atoms with Gasteiger partial charge in [-0.2, -0.15) is 0 Å². The van der Waals surface area contributed by atoms with Gasteiger partial charge < -0.3 is 10.6 Å². The van der Waals surface area contributed by atoms with E-state index in [-0.39, 0.29) is 11.8 Å². The van der Waals surface area contributed by atoms with Gasteiger partial charge in [0.1, 0.15) is 0 Å². The molecule has 1 heterocycles. The molecule has 25 heavy (non-hydrogen) atoms. The second-order valence-electron chi connectivity index (χ2n) is 5.34. The lowest BCUT2D eigenvalue weighted by molar-refractivity contribution is -0.116. The molecule has 2 amide bonds. The maximum atomic E-state index is 12.1. The van der Waals surface area contributed by atoms with Crippen molar-refractivity contribution < 1.29 is 9.59 Å². The van der Waals surface area contributed by atoms with Crippen LogP contribution in [0, 0.1) is 0 Å². The van der Waals surface area contributed by atoms with Crippen LogP contribution in [0.5, 0.6) is 0 Å². The smallest absolute Gasteiger partial charge is 0.225 e. The molecule has 0 spiro atoms. The summed E-state index contributed by atoms with van der Waals surface area (Å²) < 4.78 is 0.917. The van der Waals surface area contributed by atoms with Gasteiger partial charge in [-0.1, -0.05) is 29.5 Å². The van der Waals surface area contributed by atoms with E-state index in [0.717, 1.165) is 26.6 Å². The molecule has 1 aromatic heterocycles. The van der Waals surface area contributed by atoms with Crippen LogP contribution in [-0.2, 0) is 9.59 Å². The standard InChI is InChI=1S/C18H17N3O2S2/c1-12(22)19-18-21-15-8-7-13(11-16(15)25-18)20-17(23)9-10-24-14-5-3-2-4-6-14/h2-8,11H,9-10H2,1H3,(H,20,23)(H,19,21,22). The number of thiazole rings is 1. The molecule has 0 bridgehead atoms. The first-order valence-electron chi connectivity index (χ1n) is 7.76. The zero-order valence-electron chi connectivity index (χ0n) is 13.6. The van der Waals surface area contributed by atoms with Crippen molar-refractivity contribution in [3.05, 3.63) is 48.5 Å². The molecule has 3 rings (SSSR count). The molecule has 7 heteroatoms. The summed E-state index contributed by atoms with van der Waals surface area (Å²) in [5.41, 5.74) is 1.53. The van der Waals surface area contributed by atoms with Crippen LogP contribution in [0.4, 0.5) is 10.8 Å². The van der Waals surface area contributed by atoms with Crippen molar-refractivity contribution in [2.45, 2.75) is 18.2 Å². The number of benzene rings is 2. The number of fused-ring (bicyclic) bond motifs is 1. The van der Waals surface area contributed by atoms with Crippen LogP contribution >= 0.6 is 23.1 Å². The van der Waals surface area contributed by atoms with Crippen LogP contribution in [0.1, 0.15) is 13.3 Å². The molecule has 2 aromatic carbocycles. The fourth-order valence-corrected chi connectivity index (χ4v) is 4.03. The van der Waals surface area contributed by atoms with Gasteiger partial charge in [0.2, 0.25) is 11.8 Å². The van der Waals surface area contributed by atoms with Crippen molar-refractivity contribution in [2.24, 2.45) is 0 Å². The Morgan fingerprint density at radius 3 is 2.68 bits per heavy atom. The van der Waals surface area contributed by atoms with E-state index < -0.39 is 0 Å². The number of rotatable bonds is 6. The molecule has 0 unspecified atom stereocenters. The third-order valence-corrected chi connectivity index (χ3v) is 5.24. The Morgan fingerprint density at radius 2 is 1.92 bits per heavy atom. The van der Waals surface area contributed by atoms with Crippen LogP contribution in [0.25, 0.3) is 10.2 Å². The molecule has 0 fully saturated rings. The van der Waals surface area contributed by atoms with Crippen LogP contribution in [-0.4, -0.2) is 22.6 Å². The predicted octanol–water partition coefficient (Wildman–Crippen LogP) is 4.38. The topological polar surface area (TPSA) is 71.1 Å². The molecule has 2 N–H and O–H groups in total. The molecule has 128 valence electrons. The number of amides is 2. The number of thioether (sulfide) groups is 1. The minimum absolute atomic E-state index is 0.0191. The average Bonchev–Trinajstić information content (AvgIpc) is 2.96. The van der Waals surface area contributed by atoms with Crippen LogP contribution in [0.15, 0.2) is 53.4 Å². The number of nitrogens with one attached hydrogen (secondary N) is 2. The Labute approximate surface area is 153 Å². The van der Waals surface area contributed by atoms with Crippen molar-refractivity contribution in [3.8, 4) is 0 Å². The Morgan fingerprint density at radius 1 is 1.12 bits per heavy atom. The number of nitrogens with zero attached hydrogens (tertiary/aromatic N) is 1. The molecule has 0 aliphatic rings. The van der Waals surface area contributed by atoms with Gasteiger partial charge in [-0.3, -0.25) is 9.59 Å². The van der Waals surface area contributed by atoms with Gasteiger partial charge in [0.05, 0.1) is 10.2 Å². The van der Waals surface area contributed by atoms with Crippen LogP contribution < -0.4 is 10.6 Å². The zero-order chi connectivity index (χ0) is 17.6. The van der Waals surface area contributed by atoms with E-state index in [4.69, 9.17) is 0 Å². The summed E-state index contributed by atoms with van der Waals surface area (Å²) in [7, 11) is 0. The molecule has 0 aliphatic heterocycles. The van der Waals surface area contributed by atoms with E-state index in [0.29, 0.717) is 11.6 Å². The number of anilines is 2. The van der Waals surface area contributed by atoms with E-state index in [1.807, 2.05) is 48.5 Å². The molecule has 0 saturated carbocycles. The van der Waals surface area contributed by atoms with Crippen LogP contribution in [0.3, 0.4) is 0 Å². The third-order valence-electron chi connectivity index (χ3n) is 3.30. The average molecular weight is 371 g/mol. The van der Waals surface area contributed by atoms with Gasteiger partial charge in [0, 0.05) is 29.7 Å². The Balaban J connectivity index is 1.56. The highest BCUT2D eigenvalue weighted by molar-refractivity contribution is 7.99. The van der Waals surface area contributed by atoms with Gasteiger partial charge in [-0.25, -0.2) is 4.98 Å². The highest BCUT2D eigenvalue weighted by atomic mass is 32.2. The van der Waals surface area contributed by atoms with Gasteiger partial charge in [0.15, 0.2) is 5.13 Å². The molecule has 0 saturated heterocycles. The molecular weight excluding hydrogens is 354 g/mol. The lowest BCUT2D eigenvalue weighted by Gasteiger charge is -2.05. The van der Waals surface area contributed by atoms with Gasteiger partial charge >= 0.3 is 0 Å².